The minimum atomic E-state index is -0.193. The Bertz CT molecular complexity index is 1120. The number of rotatable bonds is 8. The maximum Gasteiger partial charge on any atom is 0.255 e. The molecule has 0 atom stereocenters. The summed E-state index contributed by atoms with van der Waals surface area (Å²) in [4.78, 5) is 13.0. The Labute approximate surface area is 180 Å². The van der Waals surface area contributed by atoms with Crippen LogP contribution in [0.2, 0.25) is 0 Å². The van der Waals surface area contributed by atoms with E-state index in [-0.39, 0.29) is 19.1 Å². The molecule has 6 heteroatoms. The van der Waals surface area contributed by atoms with E-state index in [0.717, 1.165) is 16.8 Å². The standard InChI is InChI=1S/C25H23N3O3/c29-15-16-31-22-13-11-19(12-14-22)17-26-25(30)23-18-28(21-9-5-2-6-10-21)27-24(23)20-7-3-1-4-8-20/h1-14,18,29H,15-17H2,(H,26,30). The first-order chi connectivity index (χ1) is 15.2. The molecule has 0 aliphatic heterocycles. The molecule has 0 unspecified atom stereocenters. The van der Waals surface area contributed by atoms with Gasteiger partial charge in [0.25, 0.3) is 5.91 Å². The number of ether oxygens (including phenoxy) is 1. The Kier molecular flexibility index (Phi) is 6.40. The molecule has 1 amide bonds. The molecular weight excluding hydrogens is 390 g/mol. The van der Waals surface area contributed by atoms with Crippen molar-refractivity contribution in [1.29, 1.82) is 0 Å². The van der Waals surface area contributed by atoms with Crippen LogP contribution in [-0.2, 0) is 6.54 Å². The van der Waals surface area contributed by atoms with E-state index in [1.54, 1.807) is 10.9 Å². The minimum Gasteiger partial charge on any atom is -0.491 e. The number of carbonyl (C=O) groups is 1. The molecule has 0 bridgehead atoms. The third-order valence-corrected chi connectivity index (χ3v) is 4.76. The van der Waals surface area contributed by atoms with Gasteiger partial charge in [0, 0.05) is 18.3 Å². The summed E-state index contributed by atoms with van der Waals surface area (Å²) in [6, 6.07) is 26.8. The van der Waals surface area contributed by atoms with E-state index in [9.17, 15) is 4.79 Å². The smallest absolute Gasteiger partial charge is 0.255 e. The van der Waals surface area contributed by atoms with E-state index in [4.69, 9.17) is 9.84 Å². The minimum absolute atomic E-state index is 0.0295. The molecular formula is C25H23N3O3. The van der Waals surface area contributed by atoms with Crippen molar-refractivity contribution in [3.8, 4) is 22.7 Å². The molecule has 0 aliphatic rings. The van der Waals surface area contributed by atoms with Gasteiger partial charge in [0.2, 0.25) is 0 Å². The summed E-state index contributed by atoms with van der Waals surface area (Å²) in [6.45, 7) is 0.603. The second-order valence-corrected chi connectivity index (χ2v) is 6.94. The van der Waals surface area contributed by atoms with Crippen LogP contribution in [0.25, 0.3) is 16.9 Å². The molecule has 3 aromatic carbocycles. The van der Waals surface area contributed by atoms with Gasteiger partial charge in [0.05, 0.1) is 17.9 Å². The number of hydrogen-bond acceptors (Lipinski definition) is 4. The number of aromatic nitrogens is 2. The van der Waals surface area contributed by atoms with E-state index >= 15 is 0 Å². The van der Waals surface area contributed by atoms with Crippen LogP contribution in [0.5, 0.6) is 5.75 Å². The molecule has 0 radical (unpaired) electrons. The van der Waals surface area contributed by atoms with E-state index in [1.165, 1.54) is 0 Å². The van der Waals surface area contributed by atoms with Gasteiger partial charge < -0.3 is 15.2 Å². The van der Waals surface area contributed by atoms with Crippen molar-refractivity contribution < 1.29 is 14.6 Å². The summed E-state index contributed by atoms with van der Waals surface area (Å²) in [5.41, 5.74) is 3.86. The van der Waals surface area contributed by atoms with Crippen LogP contribution in [0.4, 0.5) is 0 Å². The number of carbonyl (C=O) groups excluding carboxylic acids is 1. The highest BCUT2D eigenvalue weighted by molar-refractivity contribution is 5.99. The lowest BCUT2D eigenvalue weighted by atomic mass is 10.1. The molecule has 2 N–H and O–H groups in total. The van der Waals surface area contributed by atoms with Gasteiger partial charge in [-0.05, 0) is 29.8 Å². The van der Waals surface area contributed by atoms with Crippen molar-refractivity contribution in [1.82, 2.24) is 15.1 Å². The maximum atomic E-state index is 13.0. The number of amides is 1. The van der Waals surface area contributed by atoms with Crippen LogP contribution in [0.3, 0.4) is 0 Å². The number of para-hydroxylation sites is 1. The van der Waals surface area contributed by atoms with Gasteiger partial charge >= 0.3 is 0 Å². The Morgan fingerprint density at radius 1 is 0.935 bits per heavy atom. The molecule has 0 saturated heterocycles. The number of nitrogens with one attached hydrogen (secondary N) is 1. The lowest BCUT2D eigenvalue weighted by Gasteiger charge is -2.08. The van der Waals surface area contributed by atoms with Gasteiger partial charge in [0.15, 0.2) is 0 Å². The van der Waals surface area contributed by atoms with E-state index < -0.39 is 0 Å². The Morgan fingerprint density at radius 2 is 1.61 bits per heavy atom. The number of nitrogens with zero attached hydrogens (tertiary/aromatic N) is 2. The topological polar surface area (TPSA) is 76.4 Å². The van der Waals surface area contributed by atoms with Gasteiger partial charge in [-0.25, -0.2) is 4.68 Å². The van der Waals surface area contributed by atoms with Gasteiger partial charge in [-0.3, -0.25) is 4.79 Å². The van der Waals surface area contributed by atoms with Crippen molar-refractivity contribution in [2.24, 2.45) is 0 Å². The number of aliphatic hydroxyl groups excluding tert-OH is 1. The fraction of sp³-hybridized carbons (Fsp3) is 0.120. The first-order valence-corrected chi connectivity index (χ1v) is 10.1. The number of aliphatic hydroxyl groups is 1. The third kappa shape index (κ3) is 4.99. The van der Waals surface area contributed by atoms with Crippen LogP contribution in [0.15, 0.2) is 91.1 Å². The molecule has 4 rings (SSSR count). The molecule has 6 nitrogen and oxygen atoms in total. The highest BCUT2D eigenvalue weighted by atomic mass is 16.5. The first kappa shape index (κ1) is 20.4. The summed E-state index contributed by atoms with van der Waals surface area (Å²) >= 11 is 0. The van der Waals surface area contributed by atoms with Gasteiger partial charge in [-0.1, -0.05) is 60.7 Å². The Morgan fingerprint density at radius 3 is 2.29 bits per heavy atom. The Balaban J connectivity index is 1.54. The fourth-order valence-electron chi connectivity index (χ4n) is 3.21. The average molecular weight is 413 g/mol. The lowest BCUT2D eigenvalue weighted by molar-refractivity contribution is 0.0951. The van der Waals surface area contributed by atoms with Crippen molar-refractivity contribution in [2.75, 3.05) is 13.2 Å². The predicted octanol–water partition coefficient (Wildman–Crippen LogP) is 3.84. The largest absolute Gasteiger partial charge is 0.491 e. The summed E-state index contributed by atoms with van der Waals surface area (Å²) in [5.74, 6) is 0.487. The monoisotopic (exact) mass is 413 g/mol. The molecule has 1 heterocycles. The van der Waals surface area contributed by atoms with Crippen LogP contribution < -0.4 is 10.1 Å². The summed E-state index contributed by atoms with van der Waals surface area (Å²) in [6.07, 6.45) is 1.76. The second-order valence-electron chi connectivity index (χ2n) is 6.94. The summed E-state index contributed by atoms with van der Waals surface area (Å²) < 4.78 is 7.09. The molecule has 156 valence electrons. The third-order valence-electron chi connectivity index (χ3n) is 4.76. The van der Waals surface area contributed by atoms with Crippen molar-refractivity contribution in [3.05, 3.63) is 102 Å². The van der Waals surface area contributed by atoms with Gasteiger partial charge in [0.1, 0.15) is 18.1 Å². The fourth-order valence-corrected chi connectivity index (χ4v) is 3.21. The summed E-state index contributed by atoms with van der Waals surface area (Å²) in [5, 5.41) is 16.5. The van der Waals surface area contributed by atoms with E-state index in [0.29, 0.717) is 23.6 Å². The normalized spacial score (nSPS) is 10.6. The highest BCUT2D eigenvalue weighted by Gasteiger charge is 2.18. The summed E-state index contributed by atoms with van der Waals surface area (Å²) in [7, 11) is 0. The second kappa shape index (κ2) is 9.73. The molecule has 0 saturated carbocycles. The van der Waals surface area contributed by atoms with Crippen molar-refractivity contribution in [2.45, 2.75) is 6.54 Å². The first-order valence-electron chi connectivity index (χ1n) is 10.1. The van der Waals surface area contributed by atoms with Crippen molar-refractivity contribution in [3.63, 3.8) is 0 Å². The highest BCUT2D eigenvalue weighted by Crippen LogP contribution is 2.24. The molecule has 31 heavy (non-hydrogen) atoms. The maximum absolute atomic E-state index is 13.0. The average Bonchev–Trinajstić information content (AvgIpc) is 3.29. The van der Waals surface area contributed by atoms with Crippen LogP contribution in [0, 0.1) is 0 Å². The van der Waals surface area contributed by atoms with Gasteiger partial charge in [-0.15, -0.1) is 0 Å². The number of benzene rings is 3. The quantitative estimate of drug-likeness (QED) is 0.460. The Hall–Kier alpha value is -3.90. The van der Waals surface area contributed by atoms with E-state index in [1.807, 2.05) is 84.9 Å². The zero-order valence-electron chi connectivity index (χ0n) is 16.9. The van der Waals surface area contributed by atoms with Crippen molar-refractivity contribution >= 4 is 5.91 Å². The molecule has 0 spiro atoms. The molecule has 0 aliphatic carbocycles. The van der Waals surface area contributed by atoms with E-state index in [2.05, 4.69) is 10.4 Å². The zero-order valence-corrected chi connectivity index (χ0v) is 16.9. The molecule has 4 aromatic rings. The molecule has 1 aromatic heterocycles. The van der Waals surface area contributed by atoms with Gasteiger partial charge in [-0.2, -0.15) is 5.10 Å². The number of hydrogen-bond donors (Lipinski definition) is 2. The SMILES string of the molecule is O=C(NCc1ccc(OCCO)cc1)c1cn(-c2ccccc2)nc1-c1ccccc1. The molecule has 0 fully saturated rings. The zero-order chi connectivity index (χ0) is 21.5. The van der Waals surface area contributed by atoms with Crippen LogP contribution in [0.1, 0.15) is 15.9 Å². The lowest BCUT2D eigenvalue weighted by Crippen LogP contribution is -2.23. The predicted molar refractivity (Wildman–Crippen MR) is 119 cm³/mol. The van der Waals surface area contributed by atoms with Crippen LogP contribution >= 0.6 is 0 Å². The van der Waals surface area contributed by atoms with Crippen LogP contribution in [-0.4, -0.2) is 34.0 Å².